The van der Waals surface area contributed by atoms with Crippen molar-refractivity contribution in [2.45, 2.75) is 24.8 Å². The van der Waals surface area contributed by atoms with Crippen LogP contribution in [0.4, 0.5) is 14.6 Å². The summed E-state index contributed by atoms with van der Waals surface area (Å²) in [5.74, 6) is -2.64. The molecule has 2 aliphatic rings. The topological polar surface area (TPSA) is 65.9 Å². The third kappa shape index (κ3) is 3.66. The van der Waals surface area contributed by atoms with Gasteiger partial charge in [0.25, 0.3) is 11.8 Å². The number of halogens is 2. The molecule has 0 bridgehead atoms. The van der Waals surface area contributed by atoms with Gasteiger partial charge in [0.05, 0.1) is 30.8 Å². The highest BCUT2D eigenvalue weighted by atomic mass is 19.3. The van der Waals surface area contributed by atoms with Crippen molar-refractivity contribution in [3.8, 4) is 0 Å². The molecule has 0 radical (unpaired) electrons. The summed E-state index contributed by atoms with van der Waals surface area (Å²) in [5.41, 5.74) is 1.05. The molecule has 28 heavy (non-hydrogen) atoms. The van der Waals surface area contributed by atoms with E-state index in [1.54, 1.807) is 17.0 Å². The van der Waals surface area contributed by atoms with Gasteiger partial charge in [-0.05, 0) is 18.6 Å². The Labute approximate surface area is 161 Å². The van der Waals surface area contributed by atoms with Gasteiger partial charge in [0.1, 0.15) is 5.82 Å². The van der Waals surface area contributed by atoms with Gasteiger partial charge in [-0.1, -0.05) is 18.2 Å². The van der Waals surface area contributed by atoms with Gasteiger partial charge in [0, 0.05) is 37.5 Å². The van der Waals surface area contributed by atoms with Gasteiger partial charge in [0.2, 0.25) is 0 Å². The molecule has 1 aromatic carbocycles. The second kappa shape index (κ2) is 7.60. The maximum Gasteiger partial charge on any atom is 0.267 e. The maximum absolute atomic E-state index is 14.1. The Morgan fingerprint density at radius 3 is 2.79 bits per heavy atom. The summed E-state index contributed by atoms with van der Waals surface area (Å²) in [6.45, 7) is 1.33. The van der Waals surface area contributed by atoms with Crippen LogP contribution in [0.15, 0.2) is 30.3 Å². The van der Waals surface area contributed by atoms with Crippen molar-refractivity contribution in [3.05, 3.63) is 35.9 Å². The maximum atomic E-state index is 14.1. The number of morpholine rings is 1. The normalized spacial score (nSPS) is 22.0. The Morgan fingerprint density at radius 2 is 2.04 bits per heavy atom. The summed E-state index contributed by atoms with van der Waals surface area (Å²) in [6.07, 6.45) is -0.0916. The predicted octanol–water partition coefficient (Wildman–Crippen LogP) is 2.30. The lowest BCUT2D eigenvalue weighted by Gasteiger charge is -2.29. The molecule has 1 amide bonds. The molecule has 4 rings (SSSR count). The van der Waals surface area contributed by atoms with Gasteiger partial charge in [0.15, 0.2) is 0 Å². The number of aromatic nitrogens is 1. The van der Waals surface area contributed by atoms with Gasteiger partial charge in [-0.25, -0.2) is 13.8 Å². The van der Waals surface area contributed by atoms with E-state index in [4.69, 9.17) is 4.74 Å². The first-order chi connectivity index (χ1) is 13.5. The second-order valence-electron chi connectivity index (χ2n) is 7.30. The van der Waals surface area contributed by atoms with Crippen LogP contribution >= 0.6 is 0 Å². The lowest BCUT2D eigenvalue weighted by Crippen LogP contribution is -2.41. The number of hydrogen-bond acceptors (Lipinski definition) is 5. The predicted molar refractivity (Wildman–Crippen MR) is 101 cm³/mol. The number of para-hydroxylation sites is 1. The van der Waals surface area contributed by atoms with Crippen LogP contribution in [0.2, 0.25) is 0 Å². The average Bonchev–Trinajstić information content (AvgIpc) is 3.02. The lowest BCUT2D eigenvalue weighted by molar-refractivity contribution is 0.0216. The number of alkyl halides is 2. The van der Waals surface area contributed by atoms with Crippen molar-refractivity contribution in [1.29, 1.82) is 0 Å². The molecule has 8 heteroatoms. The summed E-state index contributed by atoms with van der Waals surface area (Å²) in [6, 6.07) is 8.35. The van der Waals surface area contributed by atoms with E-state index in [0.29, 0.717) is 48.6 Å². The van der Waals surface area contributed by atoms with Crippen LogP contribution < -0.4 is 4.90 Å². The van der Waals surface area contributed by atoms with E-state index >= 15 is 0 Å². The molecule has 0 spiro atoms. The van der Waals surface area contributed by atoms with Crippen LogP contribution in [0, 0.1) is 0 Å². The molecule has 2 fully saturated rings. The van der Waals surface area contributed by atoms with Crippen LogP contribution in [0.25, 0.3) is 10.9 Å². The van der Waals surface area contributed by atoms with E-state index in [-0.39, 0.29) is 25.4 Å². The number of benzene rings is 1. The third-order valence-electron chi connectivity index (χ3n) is 5.36. The number of hydrogen-bond donors (Lipinski definition) is 1. The van der Waals surface area contributed by atoms with E-state index in [0.717, 1.165) is 0 Å². The van der Waals surface area contributed by atoms with Gasteiger partial charge in [-0.3, -0.25) is 4.79 Å². The third-order valence-corrected chi connectivity index (χ3v) is 5.36. The number of carbonyl (C=O) groups is 1. The molecule has 0 saturated carbocycles. The quantitative estimate of drug-likeness (QED) is 0.867. The Bertz CT molecular complexity index is 871. The minimum atomic E-state index is -2.85. The van der Waals surface area contributed by atoms with Crippen molar-refractivity contribution in [2.75, 3.05) is 44.4 Å². The first-order valence-corrected chi connectivity index (χ1v) is 9.51. The first kappa shape index (κ1) is 19.0. The van der Waals surface area contributed by atoms with Gasteiger partial charge in [-0.15, -0.1) is 0 Å². The zero-order valence-corrected chi connectivity index (χ0v) is 15.5. The number of amides is 1. The molecule has 6 nitrogen and oxygen atoms in total. The van der Waals surface area contributed by atoms with Crippen LogP contribution in [0.1, 0.15) is 23.2 Å². The number of anilines is 1. The molecule has 150 valence electrons. The molecular weight excluding hydrogens is 368 g/mol. The monoisotopic (exact) mass is 391 g/mol. The highest BCUT2D eigenvalue weighted by Gasteiger charge is 2.45. The molecule has 2 saturated heterocycles. The molecule has 1 aromatic heterocycles. The number of carbonyl (C=O) groups excluding carboxylic acids is 1. The zero-order chi connectivity index (χ0) is 19.7. The zero-order valence-electron chi connectivity index (χ0n) is 15.5. The number of nitrogens with zero attached hydrogens (tertiary/aromatic N) is 3. The fraction of sp³-hybridized carbons (Fsp3) is 0.500. The van der Waals surface area contributed by atoms with Crippen molar-refractivity contribution >= 4 is 22.6 Å². The molecule has 0 aliphatic carbocycles. The SMILES string of the molecule is O=C(c1cc(N2CC(F)(F)CC2CCO)nc2ccccc12)N1CCOCC1. The molecule has 3 heterocycles. The number of rotatable bonds is 4. The van der Waals surface area contributed by atoms with Gasteiger partial charge >= 0.3 is 0 Å². The van der Waals surface area contributed by atoms with Crippen molar-refractivity contribution < 1.29 is 23.4 Å². The van der Waals surface area contributed by atoms with E-state index in [1.807, 2.05) is 18.2 Å². The fourth-order valence-corrected chi connectivity index (χ4v) is 4.00. The smallest absolute Gasteiger partial charge is 0.267 e. The fourth-order valence-electron chi connectivity index (χ4n) is 4.00. The summed E-state index contributed by atoms with van der Waals surface area (Å²) >= 11 is 0. The van der Waals surface area contributed by atoms with Gasteiger partial charge < -0.3 is 19.6 Å². The van der Waals surface area contributed by atoms with Crippen LogP contribution in [0.3, 0.4) is 0 Å². The Hall–Kier alpha value is -2.32. The second-order valence-corrected chi connectivity index (χ2v) is 7.30. The van der Waals surface area contributed by atoms with Crippen molar-refractivity contribution in [2.24, 2.45) is 0 Å². The Morgan fingerprint density at radius 1 is 1.29 bits per heavy atom. The minimum Gasteiger partial charge on any atom is -0.396 e. The highest BCUT2D eigenvalue weighted by molar-refractivity contribution is 6.07. The molecular formula is C20H23F2N3O3. The summed E-state index contributed by atoms with van der Waals surface area (Å²) in [4.78, 5) is 21.0. The van der Waals surface area contributed by atoms with Crippen LogP contribution in [-0.4, -0.2) is 72.3 Å². The molecule has 2 aromatic rings. The summed E-state index contributed by atoms with van der Waals surface area (Å²) < 4.78 is 33.5. The van der Waals surface area contributed by atoms with E-state index in [2.05, 4.69) is 4.98 Å². The largest absolute Gasteiger partial charge is 0.396 e. The molecule has 1 unspecified atom stereocenters. The standard InChI is InChI=1S/C20H23F2N3O3/c21-20(22)12-14(5-8-26)25(13-20)18-11-16(15-3-1-2-4-17(15)23-18)19(27)24-6-9-28-10-7-24/h1-4,11,14,26H,5-10,12-13H2. The van der Waals surface area contributed by atoms with Crippen LogP contribution in [-0.2, 0) is 4.74 Å². The highest BCUT2D eigenvalue weighted by Crippen LogP contribution is 2.37. The summed E-state index contributed by atoms with van der Waals surface area (Å²) in [5, 5.41) is 9.98. The first-order valence-electron chi connectivity index (χ1n) is 9.51. The summed E-state index contributed by atoms with van der Waals surface area (Å²) in [7, 11) is 0. The lowest BCUT2D eigenvalue weighted by atomic mass is 10.1. The average molecular weight is 391 g/mol. The number of fused-ring (bicyclic) bond motifs is 1. The van der Waals surface area contributed by atoms with E-state index in [1.165, 1.54) is 4.90 Å². The number of aliphatic hydroxyl groups excluding tert-OH is 1. The molecule has 1 atom stereocenters. The van der Waals surface area contributed by atoms with Crippen molar-refractivity contribution in [1.82, 2.24) is 9.88 Å². The van der Waals surface area contributed by atoms with E-state index < -0.39 is 18.5 Å². The molecule has 2 aliphatic heterocycles. The molecule has 1 N–H and O–H groups in total. The minimum absolute atomic E-state index is 0.146. The van der Waals surface area contributed by atoms with Crippen LogP contribution in [0.5, 0.6) is 0 Å². The number of aliphatic hydroxyl groups is 1. The van der Waals surface area contributed by atoms with Gasteiger partial charge in [-0.2, -0.15) is 0 Å². The van der Waals surface area contributed by atoms with Crippen molar-refractivity contribution in [3.63, 3.8) is 0 Å². The Balaban J connectivity index is 1.76. The van der Waals surface area contributed by atoms with E-state index in [9.17, 15) is 18.7 Å². The Kier molecular flexibility index (Phi) is 5.16. The number of ether oxygens (including phenoxy) is 1. The number of pyridine rings is 1.